The van der Waals surface area contributed by atoms with E-state index in [0.29, 0.717) is 0 Å². The lowest BCUT2D eigenvalue weighted by Gasteiger charge is -2.48. The molecule has 128 valence electrons. The third-order valence-electron chi connectivity index (χ3n) is 6.31. The second kappa shape index (κ2) is 8.35. The molecule has 0 atom stereocenters. The average molecular weight is 351 g/mol. The van der Waals surface area contributed by atoms with Gasteiger partial charge in [0.2, 0.25) is 0 Å². The maximum absolute atomic E-state index is 6.72. The third kappa shape index (κ3) is 3.64. The van der Waals surface area contributed by atoms with E-state index in [1.807, 2.05) is 0 Å². The van der Waals surface area contributed by atoms with Gasteiger partial charge in [0.05, 0.1) is 5.30 Å². The van der Waals surface area contributed by atoms with Crippen LogP contribution in [0.15, 0.2) is 24.3 Å². The first-order valence-electron chi connectivity index (χ1n) is 9.73. The molecule has 1 aromatic rings. The Hall–Kier alpha value is -0.0600. The predicted octanol–water partition coefficient (Wildman–Crippen LogP) is 6.92. The molecule has 2 saturated carbocycles. The minimum Gasteiger partial charge on any atom is -0.304 e. The first-order valence-corrected chi connectivity index (χ1v) is 12.2. The van der Waals surface area contributed by atoms with Crippen LogP contribution in [0.4, 0.5) is 0 Å². The van der Waals surface area contributed by atoms with Crippen molar-refractivity contribution in [2.45, 2.75) is 88.9 Å². The van der Waals surface area contributed by atoms with Crippen LogP contribution in [-0.4, -0.2) is 11.3 Å². The van der Waals surface area contributed by atoms with Gasteiger partial charge in [-0.2, -0.15) is 0 Å². The molecule has 2 aliphatic rings. The summed E-state index contributed by atoms with van der Waals surface area (Å²) in [6.45, 7) is 2.24. The van der Waals surface area contributed by atoms with Crippen molar-refractivity contribution in [2.24, 2.45) is 0 Å². The summed E-state index contributed by atoms with van der Waals surface area (Å²) in [6, 6.07) is 9.59. The standard InChI is InChI=1S/C21H32ClP/c1-2-18-13-15-21(16-14-18)23(17-22,19-9-5-3-6-10-19)20-11-7-4-8-12-20/h13-17,19-20H,2-12H2,1H3. The van der Waals surface area contributed by atoms with Crippen LogP contribution in [-0.2, 0) is 6.42 Å². The molecule has 0 aromatic heterocycles. The molecule has 0 saturated heterocycles. The van der Waals surface area contributed by atoms with Gasteiger partial charge in [0.1, 0.15) is 0 Å². The van der Waals surface area contributed by atoms with E-state index in [4.69, 9.17) is 11.6 Å². The van der Waals surface area contributed by atoms with E-state index in [1.165, 1.54) is 69.8 Å². The van der Waals surface area contributed by atoms with Crippen LogP contribution < -0.4 is 5.30 Å². The van der Waals surface area contributed by atoms with Gasteiger partial charge in [-0.1, -0.05) is 44.8 Å². The van der Waals surface area contributed by atoms with Gasteiger partial charge in [0.15, 0.2) is 0 Å². The molecule has 0 unspecified atom stereocenters. The average Bonchev–Trinajstić information content (AvgIpc) is 2.65. The quantitative estimate of drug-likeness (QED) is 0.399. The summed E-state index contributed by atoms with van der Waals surface area (Å²) in [4.78, 5) is 0. The van der Waals surface area contributed by atoms with Gasteiger partial charge in [-0.05, 0) is 75.5 Å². The Balaban J connectivity index is 1.98. The molecular weight excluding hydrogens is 319 g/mol. The monoisotopic (exact) mass is 350 g/mol. The molecule has 3 rings (SSSR count). The molecule has 1 aromatic carbocycles. The fraction of sp³-hybridized carbons (Fsp3) is 0.667. The molecule has 2 fully saturated rings. The van der Waals surface area contributed by atoms with E-state index in [9.17, 15) is 0 Å². The Morgan fingerprint density at radius 1 is 0.870 bits per heavy atom. The minimum absolute atomic E-state index is 0.851. The molecule has 2 aliphatic carbocycles. The summed E-state index contributed by atoms with van der Waals surface area (Å²) in [5.74, 6) is 0. The Morgan fingerprint density at radius 3 is 1.74 bits per heavy atom. The molecule has 0 spiro atoms. The van der Waals surface area contributed by atoms with Gasteiger partial charge in [-0.3, -0.25) is 0 Å². The first-order chi connectivity index (χ1) is 11.3. The minimum atomic E-state index is -1.37. The van der Waals surface area contributed by atoms with E-state index in [1.54, 1.807) is 5.30 Å². The molecule has 0 aliphatic heterocycles. The maximum Gasteiger partial charge on any atom is 0.0664 e. The second-order valence-electron chi connectivity index (χ2n) is 7.54. The van der Waals surface area contributed by atoms with Gasteiger partial charge >= 0.3 is 0 Å². The van der Waals surface area contributed by atoms with Crippen molar-refractivity contribution in [2.75, 3.05) is 0 Å². The van der Waals surface area contributed by atoms with Crippen molar-refractivity contribution in [3.05, 3.63) is 35.5 Å². The number of rotatable bonds is 5. The van der Waals surface area contributed by atoms with Gasteiger partial charge in [-0.15, -0.1) is 0 Å². The third-order valence-corrected chi connectivity index (χ3v) is 12.2. The van der Waals surface area contributed by atoms with E-state index in [-0.39, 0.29) is 0 Å². The Bertz CT molecular complexity index is 451. The van der Waals surface area contributed by atoms with Crippen molar-refractivity contribution in [1.82, 2.24) is 0 Å². The number of hydrogen-bond acceptors (Lipinski definition) is 0. The van der Waals surface area contributed by atoms with Gasteiger partial charge in [0, 0.05) is 11.3 Å². The first kappa shape index (κ1) is 17.8. The summed E-state index contributed by atoms with van der Waals surface area (Å²) in [5.41, 5.74) is 5.36. The summed E-state index contributed by atoms with van der Waals surface area (Å²) >= 11 is 6.72. The van der Waals surface area contributed by atoms with E-state index >= 15 is 0 Å². The summed E-state index contributed by atoms with van der Waals surface area (Å²) in [6.07, 6.45) is 15.3. The molecule has 23 heavy (non-hydrogen) atoms. The molecule has 0 amide bonds. The fourth-order valence-corrected chi connectivity index (χ4v) is 11.2. The smallest absolute Gasteiger partial charge is 0.0664 e. The highest BCUT2D eigenvalue weighted by Gasteiger charge is 2.46. The van der Waals surface area contributed by atoms with Crippen molar-refractivity contribution >= 4 is 24.2 Å². The topological polar surface area (TPSA) is 0 Å². The lowest BCUT2D eigenvalue weighted by atomic mass is 9.99. The van der Waals surface area contributed by atoms with Crippen LogP contribution in [0.25, 0.3) is 0 Å². The Labute approximate surface area is 148 Å². The molecule has 0 radical (unpaired) electrons. The highest BCUT2D eigenvalue weighted by molar-refractivity contribution is 7.87. The lowest BCUT2D eigenvalue weighted by molar-refractivity contribution is 0.483. The van der Waals surface area contributed by atoms with E-state index < -0.39 is 7.26 Å². The van der Waals surface area contributed by atoms with Gasteiger partial charge in [0.25, 0.3) is 0 Å². The summed E-state index contributed by atoms with van der Waals surface area (Å²) in [5, 5.41) is 1.60. The highest BCUT2D eigenvalue weighted by atomic mass is 35.5. The maximum atomic E-state index is 6.72. The van der Waals surface area contributed by atoms with Crippen LogP contribution in [0.5, 0.6) is 0 Å². The molecular formula is C21H32ClP. The largest absolute Gasteiger partial charge is 0.304 e. The SMILES string of the molecule is CCc1ccc([P+]([CH-]Cl)(C2CCCCC2)C2CCCCC2)cc1. The molecule has 2 heteroatoms. The molecule has 0 N–H and O–H groups in total. The molecule has 0 bridgehead atoms. The second-order valence-corrected chi connectivity index (χ2v) is 12.0. The number of benzene rings is 1. The van der Waals surface area contributed by atoms with Crippen LogP contribution >= 0.6 is 18.9 Å². The predicted molar refractivity (Wildman–Crippen MR) is 106 cm³/mol. The zero-order valence-corrected chi connectivity index (χ0v) is 16.3. The van der Waals surface area contributed by atoms with Crippen LogP contribution in [0.3, 0.4) is 0 Å². The van der Waals surface area contributed by atoms with Crippen molar-refractivity contribution in [1.29, 1.82) is 0 Å². The zero-order chi connectivity index (χ0) is 16.1. The lowest BCUT2D eigenvalue weighted by Crippen LogP contribution is -2.34. The van der Waals surface area contributed by atoms with Crippen molar-refractivity contribution < 1.29 is 0 Å². The Morgan fingerprint density at radius 2 is 1.35 bits per heavy atom. The van der Waals surface area contributed by atoms with E-state index in [0.717, 1.165) is 17.7 Å². The van der Waals surface area contributed by atoms with Crippen molar-refractivity contribution in [3.8, 4) is 0 Å². The number of hydrogen-bond donors (Lipinski definition) is 0. The van der Waals surface area contributed by atoms with Crippen LogP contribution in [0, 0.1) is 5.62 Å². The molecule has 0 heterocycles. The number of aryl methyl sites for hydroxylation is 1. The fourth-order valence-electron chi connectivity index (χ4n) is 4.94. The summed E-state index contributed by atoms with van der Waals surface area (Å²) in [7, 11) is -1.37. The van der Waals surface area contributed by atoms with Crippen LogP contribution in [0.2, 0.25) is 0 Å². The number of halogens is 1. The van der Waals surface area contributed by atoms with E-state index in [2.05, 4.69) is 36.8 Å². The zero-order valence-electron chi connectivity index (χ0n) is 14.6. The Kier molecular flexibility index (Phi) is 6.45. The van der Waals surface area contributed by atoms with Crippen molar-refractivity contribution in [3.63, 3.8) is 0 Å². The molecule has 0 nitrogen and oxygen atoms in total. The van der Waals surface area contributed by atoms with Crippen LogP contribution in [0.1, 0.15) is 76.7 Å². The summed E-state index contributed by atoms with van der Waals surface area (Å²) < 4.78 is 0. The normalized spacial score (nSPS) is 21.5. The van der Waals surface area contributed by atoms with Gasteiger partial charge in [-0.25, -0.2) is 0 Å². The highest BCUT2D eigenvalue weighted by Crippen LogP contribution is 2.74. The van der Waals surface area contributed by atoms with Gasteiger partial charge < -0.3 is 11.6 Å².